The van der Waals surface area contributed by atoms with E-state index in [4.69, 9.17) is 16.3 Å². The zero-order valence-corrected chi connectivity index (χ0v) is 14.2. The van der Waals surface area contributed by atoms with Crippen LogP contribution in [0.2, 0.25) is 4.34 Å². The SMILES string of the molecule is COCCN(C(=O)c1ccc(Cl)s1)c1nc2ccccc2s1. The number of fused-ring (bicyclic) bond motifs is 1. The number of anilines is 1. The van der Waals surface area contributed by atoms with E-state index in [9.17, 15) is 4.79 Å². The number of thiazole rings is 1. The van der Waals surface area contributed by atoms with Crippen molar-refractivity contribution < 1.29 is 9.53 Å². The van der Waals surface area contributed by atoms with Crippen LogP contribution in [0.1, 0.15) is 9.67 Å². The Morgan fingerprint density at radius 2 is 2.09 bits per heavy atom. The fourth-order valence-corrected chi connectivity index (χ4v) is 3.99. The molecule has 0 saturated heterocycles. The van der Waals surface area contributed by atoms with Crippen molar-refractivity contribution in [3.63, 3.8) is 0 Å². The van der Waals surface area contributed by atoms with Crippen molar-refractivity contribution in [2.45, 2.75) is 0 Å². The molecule has 0 N–H and O–H groups in total. The van der Waals surface area contributed by atoms with Gasteiger partial charge < -0.3 is 4.74 Å². The molecule has 0 aliphatic carbocycles. The Balaban J connectivity index is 1.96. The molecule has 0 radical (unpaired) electrons. The van der Waals surface area contributed by atoms with Crippen molar-refractivity contribution >= 4 is 55.5 Å². The third kappa shape index (κ3) is 3.15. The van der Waals surface area contributed by atoms with E-state index in [2.05, 4.69) is 4.98 Å². The first-order valence-electron chi connectivity index (χ1n) is 6.61. The molecule has 3 aromatic rings. The minimum atomic E-state index is -0.104. The van der Waals surface area contributed by atoms with E-state index in [1.54, 1.807) is 24.1 Å². The van der Waals surface area contributed by atoms with E-state index < -0.39 is 0 Å². The van der Waals surface area contributed by atoms with Gasteiger partial charge in [0.2, 0.25) is 0 Å². The van der Waals surface area contributed by atoms with Gasteiger partial charge in [-0.25, -0.2) is 4.98 Å². The molecule has 1 amide bonds. The molecule has 2 aromatic heterocycles. The highest BCUT2D eigenvalue weighted by molar-refractivity contribution is 7.22. The van der Waals surface area contributed by atoms with Crippen molar-refractivity contribution in [3.05, 3.63) is 45.6 Å². The molecule has 22 heavy (non-hydrogen) atoms. The number of benzene rings is 1. The second-order valence-electron chi connectivity index (χ2n) is 4.52. The molecular weight excluding hydrogens is 340 g/mol. The van der Waals surface area contributed by atoms with E-state index in [-0.39, 0.29) is 5.91 Å². The van der Waals surface area contributed by atoms with Crippen LogP contribution in [0, 0.1) is 0 Å². The average Bonchev–Trinajstić information content (AvgIpc) is 3.13. The molecule has 0 spiro atoms. The molecule has 0 unspecified atom stereocenters. The van der Waals surface area contributed by atoms with Gasteiger partial charge in [-0.15, -0.1) is 11.3 Å². The topological polar surface area (TPSA) is 42.4 Å². The van der Waals surface area contributed by atoms with E-state index in [0.717, 1.165) is 10.2 Å². The highest BCUT2D eigenvalue weighted by Gasteiger charge is 2.22. The Bertz CT molecular complexity index is 767. The number of carbonyl (C=O) groups is 1. The lowest BCUT2D eigenvalue weighted by molar-refractivity contribution is 0.0980. The van der Waals surface area contributed by atoms with Crippen LogP contribution in [0.5, 0.6) is 0 Å². The van der Waals surface area contributed by atoms with Crippen LogP contribution in [-0.4, -0.2) is 31.2 Å². The second-order valence-corrected chi connectivity index (χ2v) is 7.24. The van der Waals surface area contributed by atoms with Gasteiger partial charge >= 0.3 is 0 Å². The lowest BCUT2D eigenvalue weighted by Crippen LogP contribution is -2.33. The highest BCUT2D eigenvalue weighted by atomic mass is 35.5. The molecule has 0 aliphatic heterocycles. The number of amides is 1. The van der Waals surface area contributed by atoms with E-state index in [1.165, 1.54) is 22.7 Å². The number of carbonyl (C=O) groups excluding carboxylic acids is 1. The quantitative estimate of drug-likeness (QED) is 0.687. The minimum absolute atomic E-state index is 0.104. The summed E-state index contributed by atoms with van der Waals surface area (Å²) in [5.41, 5.74) is 0.891. The summed E-state index contributed by atoms with van der Waals surface area (Å²) in [5.74, 6) is -0.104. The molecular formula is C15H13ClN2O2S2. The van der Waals surface area contributed by atoms with Crippen LogP contribution in [0.25, 0.3) is 10.2 Å². The Kier molecular flexibility index (Phi) is 4.73. The second kappa shape index (κ2) is 6.75. The Labute approximate surface area is 140 Å². The van der Waals surface area contributed by atoms with Gasteiger partial charge in [0.1, 0.15) is 0 Å². The maximum Gasteiger partial charge on any atom is 0.270 e. The number of thiophene rings is 1. The van der Waals surface area contributed by atoms with Crippen molar-refractivity contribution in [1.82, 2.24) is 4.98 Å². The zero-order chi connectivity index (χ0) is 15.5. The third-order valence-electron chi connectivity index (χ3n) is 3.06. The maximum absolute atomic E-state index is 12.7. The van der Waals surface area contributed by atoms with Crippen molar-refractivity contribution in [3.8, 4) is 0 Å². The number of hydrogen-bond donors (Lipinski definition) is 0. The molecule has 0 fully saturated rings. The van der Waals surface area contributed by atoms with Gasteiger partial charge in [-0.3, -0.25) is 9.69 Å². The van der Waals surface area contributed by atoms with Crippen molar-refractivity contribution in [1.29, 1.82) is 0 Å². The number of methoxy groups -OCH3 is 1. The smallest absolute Gasteiger partial charge is 0.270 e. The molecule has 0 atom stereocenters. The fraction of sp³-hybridized carbons (Fsp3) is 0.200. The zero-order valence-electron chi connectivity index (χ0n) is 11.8. The van der Waals surface area contributed by atoms with Crippen LogP contribution in [0.15, 0.2) is 36.4 Å². The molecule has 7 heteroatoms. The summed E-state index contributed by atoms with van der Waals surface area (Å²) in [7, 11) is 1.61. The van der Waals surface area contributed by atoms with E-state index in [0.29, 0.717) is 27.5 Å². The van der Waals surface area contributed by atoms with Crippen LogP contribution in [0.3, 0.4) is 0 Å². The Morgan fingerprint density at radius 3 is 2.77 bits per heavy atom. The summed E-state index contributed by atoms with van der Waals surface area (Å²) in [4.78, 5) is 19.5. The summed E-state index contributed by atoms with van der Waals surface area (Å²) >= 11 is 8.70. The van der Waals surface area contributed by atoms with Crippen molar-refractivity contribution in [2.24, 2.45) is 0 Å². The normalized spacial score (nSPS) is 11.0. The van der Waals surface area contributed by atoms with E-state index in [1.807, 2.05) is 24.3 Å². The number of ether oxygens (including phenoxy) is 1. The Hall–Kier alpha value is -1.47. The number of aromatic nitrogens is 1. The standard InChI is InChI=1S/C15H13ClN2O2S2/c1-20-9-8-18(14(19)12-6-7-13(16)21-12)15-17-10-4-2-3-5-11(10)22-15/h2-7H,8-9H2,1H3. The van der Waals surface area contributed by atoms with Crippen molar-refractivity contribution in [2.75, 3.05) is 25.2 Å². The number of rotatable bonds is 5. The van der Waals surface area contributed by atoms with E-state index >= 15 is 0 Å². The van der Waals surface area contributed by atoms with Crippen LogP contribution < -0.4 is 4.90 Å². The molecule has 1 aromatic carbocycles. The van der Waals surface area contributed by atoms with Crippen LogP contribution >= 0.6 is 34.3 Å². The highest BCUT2D eigenvalue weighted by Crippen LogP contribution is 2.31. The number of para-hydroxylation sites is 1. The number of halogens is 1. The first kappa shape index (κ1) is 15.4. The average molecular weight is 353 g/mol. The first-order valence-corrected chi connectivity index (χ1v) is 8.62. The predicted octanol–water partition coefficient (Wildman–Crippen LogP) is 4.30. The van der Waals surface area contributed by atoms with Gasteiger partial charge in [0, 0.05) is 7.11 Å². The lowest BCUT2D eigenvalue weighted by atomic mass is 10.3. The molecule has 4 nitrogen and oxygen atoms in total. The van der Waals surface area contributed by atoms with Gasteiger partial charge in [0.25, 0.3) is 5.91 Å². The molecule has 0 aliphatic rings. The summed E-state index contributed by atoms with van der Waals surface area (Å²) in [6, 6.07) is 11.3. The van der Waals surface area contributed by atoms with Gasteiger partial charge in [-0.05, 0) is 24.3 Å². The van der Waals surface area contributed by atoms with Gasteiger partial charge in [-0.1, -0.05) is 35.1 Å². The summed E-state index contributed by atoms with van der Waals surface area (Å²) in [6.07, 6.45) is 0. The number of hydrogen-bond acceptors (Lipinski definition) is 5. The predicted molar refractivity (Wildman–Crippen MR) is 92.5 cm³/mol. The van der Waals surface area contributed by atoms with Gasteiger partial charge in [-0.2, -0.15) is 0 Å². The molecule has 0 saturated carbocycles. The lowest BCUT2D eigenvalue weighted by Gasteiger charge is -2.18. The minimum Gasteiger partial charge on any atom is -0.383 e. The summed E-state index contributed by atoms with van der Waals surface area (Å²) < 4.78 is 6.77. The molecule has 2 heterocycles. The number of nitrogens with zero attached hydrogens (tertiary/aromatic N) is 2. The molecule has 114 valence electrons. The summed E-state index contributed by atoms with van der Waals surface area (Å²) in [6.45, 7) is 0.894. The first-order chi connectivity index (χ1) is 10.7. The molecule has 3 rings (SSSR count). The van der Waals surface area contributed by atoms with Gasteiger partial charge in [0.05, 0.1) is 32.6 Å². The monoisotopic (exact) mass is 352 g/mol. The van der Waals surface area contributed by atoms with Crippen LogP contribution in [0.4, 0.5) is 5.13 Å². The maximum atomic E-state index is 12.7. The fourth-order valence-electron chi connectivity index (χ4n) is 2.00. The molecule has 0 bridgehead atoms. The van der Waals surface area contributed by atoms with Crippen LogP contribution in [-0.2, 0) is 4.74 Å². The van der Waals surface area contributed by atoms with Gasteiger partial charge in [0.15, 0.2) is 5.13 Å². The summed E-state index contributed by atoms with van der Waals surface area (Å²) in [5, 5.41) is 0.674. The third-order valence-corrected chi connectivity index (χ3v) is 5.34. The largest absolute Gasteiger partial charge is 0.383 e. The Morgan fingerprint density at radius 1 is 1.27 bits per heavy atom.